The predicted molar refractivity (Wildman–Crippen MR) is 104 cm³/mol. The predicted octanol–water partition coefficient (Wildman–Crippen LogP) is 3.74. The van der Waals surface area contributed by atoms with Crippen molar-refractivity contribution in [2.45, 2.75) is 45.4 Å². The lowest BCUT2D eigenvalue weighted by Gasteiger charge is -2.33. The molecule has 0 bridgehead atoms. The standard InChI is InChI=1S/C20H21N3O2S/c1-3-20(2)10-16-14(12-25-20)9-15-17(21-16)22-19(26)23(18(15)24)11-13-7-5-4-6-8-13/h4-9H,3,10-12H2,1-2H3,(H,21,22,26)/t20-/m0/s1. The smallest absolute Gasteiger partial charge is 0.264 e. The van der Waals surface area contributed by atoms with Crippen LogP contribution in [0.1, 0.15) is 37.1 Å². The van der Waals surface area contributed by atoms with Gasteiger partial charge in [0.2, 0.25) is 0 Å². The van der Waals surface area contributed by atoms with Gasteiger partial charge in [-0.2, -0.15) is 0 Å². The van der Waals surface area contributed by atoms with E-state index < -0.39 is 0 Å². The molecule has 3 aromatic rings. The van der Waals surface area contributed by atoms with Gasteiger partial charge in [-0.25, -0.2) is 4.98 Å². The van der Waals surface area contributed by atoms with E-state index in [9.17, 15) is 4.79 Å². The number of aromatic nitrogens is 3. The van der Waals surface area contributed by atoms with Crippen LogP contribution >= 0.6 is 12.2 Å². The maximum atomic E-state index is 13.0. The summed E-state index contributed by atoms with van der Waals surface area (Å²) < 4.78 is 7.98. The first kappa shape index (κ1) is 17.1. The number of fused-ring (bicyclic) bond motifs is 2. The average molecular weight is 367 g/mol. The summed E-state index contributed by atoms with van der Waals surface area (Å²) in [5.74, 6) is 0. The van der Waals surface area contributed by atoms with Gasteiger partial charge in [0.05, 0.1) is 29.8 Å². The second-order valence-electron chi connectivity index (χ2n) is 7.07. The van der Waals surface area contributed by atoms with E-state index in [1.54, 1.807) is 4.57 Å². The molecule has 0 spiro atoms. The molecule has 134 valence electrons. The van der Waals surface area contributed by atoms with E-state index in [0.29, 0.717) is 29.0 Å². The van der Waals surface area contributed by atoms with Gasteiger partial charge in [-0.3, -0.25) is 9.36 Å². The Balaban J connectivity index is 1.83. The van der Waals surface area contributed by atoms with Crippen molar-refractivity contribution in [3.8, 4) is 0 Å². The van der Waals surface area contributed by atoms with Crippen molar-refractivity contribution in [3.63, 3.8) is 0 Å². The highest BCUT2D eigenvalue weighted by molar-refractivity contribution is 7.71. The molecule has 0 radical (unpaired) electrons. The lowest BCUT2D eigenvalue weighted by Crippen LogP contribution is -2.35. The second-order valence-corrected chi connectivity index (χ2v) is 7.45. The maximum Gasteiger partial charge on any atom is 0.264 e. The summed E-state index contributed by atoms with van der Waals surface area (Å²) in [6.45, 7) is 5.13. The molecule has 1 aliphatic heterocycles. The van der Waals surface area contributed by atoms with Crippen molar-refractivity contribution in [1.29, 1.82) is 0 Å². The number of hydrogen-bond acceptors (Lipinski definition) is 4. The van der Waals surface area contributed by atoms with Gasteiger partial charge in [-0.05, 0) is 37.2 Å². The van der Waals surface area contributed by atoms with Crippen molar-refractivity contribution in [2.24, 2.45) is 0 Å². The zero-order chi connectivity index (χ0) is 18.3. The van der Waals surface area contributed by atoms with Crippen molar-refractivity contribution < 1.29 is 4.74 Å². The highest BCUT2D eigenvalue weighted by Crippen LogP contribution is 2.30. The summed E-state index contributed by atoms with van der Waals surface area (Å²) in [7, 11) is 0. The molecule has 3 heterocycles. The molecule has 5 nitrogen and oxygen atoms in total. The molecule has 1 aliphatic rings. The molecule has 0 saturated carbocycles. The van der Waals surface area contributed by atoms with E-state index >= 15 is 0 Å². The number of nitrogens with one attached hydrogen (secondary N) is 1. The molecule has 1 aromatic carbocycles. The molecule has 1 N–H and O–H groups in total. The molecule has 6 heteroatoms. The lowest BCUT2D eigenvalue weighted by molar-refractivity contribution is -0.0573. The van der Waals surface area contributed by atoms with Gasteiger partial charge in [-0.1, -0.05) is 37.3 Å². The van der Waals surface area contributed by atoms with Gasteiger partial charge in [0.15, 0.2) is 4.77 Å². The fourth-order valence-corrected chi connectivity index (χ4v) is 3.57. The molecular formula is C20H21N3O2S. The number of hydrogen-bond donors (Lipinski definition) is 1. The number of rotatable bonds is 3. The van der Waals surface area contributed by atoms with E-state index in [1.165, 1.54) is 0 Å². The molecule has 2 aromatic heterocycles. The van der Waals surface area contributed by atoms with Crippen molar-refractivity contribution in [2.75, 3.05) is 0 Å². The first-order valence-electron chi connectivity index (χ1n) is 8.82. The van der Waals surface area contributed by atoms with Crippen LogP contribution in [0.15, 0.2) is 41.2 Å². The SMILES string of the molecule is CC[C@@]1(C)Cc2nc3[nH]c(=S)n(Cc4ccccc4)c(=O)c3cc2CO1. The van der Waals surface area contributed by atoms with Crippen LogP contribution in [0.5, 0.6) is 0 Å². The monoisotopic (exact) mass is 367 g/mol. The zero-order valence-electron chi connectivity index (χ0n) is 14.9. The first-order valence-corrected chi connectivity index (χ1v) is 9.23. The van der Waals surface area contributed by atoms with E-state index in [1.807, 2.05) is 36.4 Å². The van der Waals surface area contributed by atoms with Crippen LogP contribution in [0, 0.1) is 4.77 Å². The highest BCUT2D eigenvalue weighted by Gasteiger charge is 2.30. The van der Waals surface area contributed by atoms with Gasteiger partial charge in [0.25, 0.3) is 5.56 Å². The molecule has 26 heavy (non-hydrogen) atoms. The third kappa shape index (κ3) is 2.99. The third-order valence-corrected chi connectivity index (χ3v) is 5.51. The summed E-state index contributed by atoms with van der Waals surface area (Å²) in [6, 6.07) is 11.7. The lowest BCUT2D eigenvalue weighted by atomic mass is 9.91. The van der Waals surface area contributed by atoms with Crippen LogP contribution in [0.2, 0.25) is 0 Å². The Morgan fingerprint density at radius 2 is 2.12 bits per heavy atom. The Kier molecular flexibility index (Phi) is 4.25. The average Bonchev–Trinajstić information content (AvgIpc) is 2.65. The largest absolute Gasteiger partial charge is 0.370 e. The number of benzene rings is 1. The fraction of sp³-hybridized carbons (Fsp3) is 0.350. The number of ether oxygens (including phenoxy) is 1. The quantitative estimate of drug-likeness (QED) is 0.717. The Hall–Kier alpha value is -2.31. The molecule has 0 amide bonds. The van der Waals surface area contributed by atoms with Crippen molar-refractivity contribution in [3.05, 3.63) is 68.3 Å². The minimum absolute atomic E-state index is 0.119. The Bertz CT molecular complexity index is 1090. The Morgan fingerprint density at radius 1 is 1.35 bits per heavy atom. The van der Waals surface area contributed by atoms with E-state index in [-0.39, 0.29) is 11.2 Å². The molecule has 0 saturated heterocycles. The van der Waals surface area contributed by atoms with Crippen LogP contribution in [0.25, 0.3) is 11.0 Å². The third-order valence-electron chi connectivity index (χ3n) is 5.19. The molecule has 0 fully saturated rings. The number of nitrogens with zero attached hydrogens (tertiary/aromatic N) is 2. The summed E-state index contributed by atoms with van der Waals surface area (Å²) in [5.41, 5.74) is 3.24. The minimum atomic E-state index is -0.202. The number of aromatic amines is 1. The van der Waals surface area contributed by atoms with Gasteiger partial charge < -0.3 is 9.72 Å². The number of H-pyrrole nitrogens is 1. The van der Waals surface area contributed by atoms with Gasteiger partial charge in [-0.15, -0.1) is 0 Å². The van der Waals surface area contributed by atoms with E-state index in [4.69, 9.17) is 21.9 Å². The topological polar surface area (TPSA) is 59.9 Å². The summed E-state index contributed by atoms with van der Waals surface area (Å²) in [4.78, 5) is 20.9. The minimum Gasteiger partial charge on any atom is -0.370 e. The van der Waals surface area contributed by atoms with Crippen molar-refractivity contribution in [1.82, 2.24) is 14.5 Å². The van der Waals surface area contributed by atoms with Gasteiger partial charge in [0, 0.05) is 12.0 Å². The van der Waals surface area contributed by atoms with Gasteiger partial charge >= 0.3 is 0 Å². The van der Waals surface area contributed by atoms with E-state index in [0.717, 1.165) is 29.7 Å². The summed E-state index contributed by atoms with van der Waals surface area (Å²) in [6.07, 6.45) is 1.66. The van der Waals surface area contributed by atoms with Gasteiger partial charge in [0.1, 0.15) is 5.65 Å². The fourth-order valence-electron chi connectivity index (χ4n) is 3.33. The molecule has 4 rings (SSSR count). The van der Waals surface area contributed by atoms with Crippen LogP contribution in [-0.4, -0.2) is 20.1 Å². The van der Waals surface area contributed by atoms with Crippen LogP contribution < -0.4 is 5.56 Å². The normalized spacial score (nSPS) is 19.5. The van der Waals surface area contributed by atoms with Crippen LogP contribution in [0.3, 0.4) is 0 Å². The Morgan fingerprint density at radius 3 is 2.85 bits per heavy atom. The second kappa shape index (κ2) is 6.45. The molecule has 0 aliphatic carbocycles. The molecule has 0 unspecified atom stereocenters. The maximum absolute atomic E-state index is 13.0. The molecule has 1 atom stereocenters. The Labute approximate surface area is 156 Å². The molecular weight excluding hydrogens is 346 g/mol. The summed E-state index contributed by atoms with van der Waals surface area (Å²) in [5, 5.41) is 0.553. The van der Waals surface area contributed by atoms with Crippen LogP contribution in [-0.2, 0) is 24.3 Å². The van der Waals surface area contributed by atoms with Crippen LogP contribution in [0.4, 0.5) is 0 Å². The zero-order valence-corrected chi connectivity index (χ0v) is 15.7. The highest BCUT2D eigenvalue weighted by atomic mass is 32.1. The van der Waals surface area contributed by atoms with Crippen molar-refractivity contribution >= 4 is 23.3 Å². The summed E-state index contributed by atoms with van der Waals surface area (Å²) >= 11 is 5.43. The number of pyridine rings is 1. The first-order chi connectivity index (χ1) is 12.5. The van der Waals surface area contributed by atoms with E-state index in [2.05, 4.69) is 18.8 Å².